The molecule has 1 saturated heterocycles. The predicted molar refractivity (Wildman–Crippen MR) is 61.5 cm³/mol. The third-order valence-electron chi connectivity index (χ3n) is 4.13. The molecule has 0 aromatic rings. The first-order valence-corrected chi connectivity index (χ1v) is 6.38. The number of amides is 1. The Labute approximate surface area is 92.8 Å². The van der Waals surface area contributed by atoms with Crippen molar-refractivity contribution in [3.05, 3.63) is 0 Å². The average Bonchev–Trinajstić information content (AvgIpc) is 2.45. The van der Waals surface area contributed by atoms with Crippen LogP contribution >= 0.6 is 0 Å². The molecule has 0 bridgehead atoms. The van der Waals surface area contributed by atoms with Crippen molar-refractivity contribution in [1.29, 1.82) is 0 Å². The minimum absolute atomic E-state index is 0.110. The Morgan fingerprint density at radius 2 is 2.27 bits per heavy atom. The zero-order valence-electron chi connectivity index (χ0n) is 10.0. The highest BCUT2D eigenvalue weighted by atomic mass is 16.2. The van der Waals surface area contributed by atoms with Gasteiger partial charge in [0.2, 0.25) is 5.91 Å². The summed E-state index contributed by atoms with van der Waals surface area (Å²) in [4.78, 5) is 11.3. The summed E-state index contributed by atoms with van der Waals surface area (Å²) in [7, 11) is 0. The molecule has 3 atom stereocenters. The molecule has 1 amide bonds. The van der Waals surface area contributed by atoms with Crippen LogP contribution in [0, 0.1) is 11.8 Å². The fourth-order valence-electron chi connectivity index (χ4n) is 3.39. The third-order valence-corrected chi connectivity index (χ3v) is 4.13. The molecule has 2 aliphatic rings. The number of hydrogen-bond acceptors (Lipinski definition) is 1. The maximum atomic E-state index is 11.3. The van der Waals surface area contributed by atoms with E-state index < -0.39 is 0 Å². The van der Waals surface area contributed by atoms with Crippen LogP contribution in [0.25, 0.3) is 0 Å². The lowest BCUT2D eigenvalue weighted by Crippen LogP contribution is -2.40. The number of hydrogen-bond donors (Lipinski definition) is 1. The van der Waals surface area contributed by atoms with E-state index in [9.17, 15) is 4.79 Å². The van der Waals surface area contributed by atoms with E-state index in [-0.39, 0.29) is 11.4 Å². The van der Waals surface area contributed by atoms with Gasteiger partial charge in [-0.1, -0.05) is 26.2 Å². The maximum absolute atomic E-state index is 11.3. The van der Waals surface area contributed by atoms with Crippen LogP contribution in [0.1, 0.15) is 58.8 Å². The van der Waals surface area contributed by atoms with Gasteiger partial charge in [-0.3, -0.25) is 4.79 Å². The van der Waals surface area contributed by atoms with E-state index in [0.717, 1.165) is 24.7 Å². The van der Waals surface area contributed by atoms with Crippen LogP contribution in [0.2, 0.25) is 0 Å². The molecular weight excluding hydrogens is 186 g/mol. The van der Waals surface area contributed by atoms with Gasteiger partial charge in [0.15, 0.2) is 0 Å². The molecule has 0 aromatic carbocycles. The Bertz CT molecular complexity index is 251. The van der Waals surface area contributed by atoms with Gasteiger partial charge in [-0.25, -0.2) is 0 Å². The molecule has 1 heterocycles. The number of rotatable bonds is 2. The molecule has 0 spiro atoms. The summed E-state index contributed by atoms with van der Waals surface area (Å²) >= 11 is 0. The van der Waals surface area contributed by atoms with Crippen LogP contribution in [0.4, 0.5) is 0 Å². The topological polar surface area (TPSA) is 29.1 Å². The number of nitrogens with one attached hydrogen (secondary N) is 1. The van der Waals surface area contributed by atoms with E-state index in [1.165, 1.54) is 32.1 Å². The van der Waals surface area contributed by atoms with Crippen molar-refractivity contribution in [3.8, 4) is 0 Å². The molecule has 0 radical (unpaired) electrons. The Morgan fingerprint density at radius 3 is 2.87 bits per heavy atom. The smallest absolute Gasteiger partial charge is 0.220 e. The van der Waals surface area contributed by atoms with Crippen molar-refractivity contribution < 1.29 is 4.79 Å². The van der Waals surface area contributed by atoms with Crippen LogP contribution in [-0.4, -0.2) is 11.4 Å². The lowest BCUT2D eigenvalue weighted by atomic mass is 9.76. The van der Waals surface area contributed by atoms with Crippen molar-refractivity contribution in [1.82, 2.24) is 5.32 Å². The van der Waals surface area contributed by atoms with Gasteiger partial charge in [0.1, 0.15) is 0 Å². The third kappa shape index (κ3) is 2.73. The van der Waals surface area contributed by atoms with Crippen molar-refractivity contribution in [2.75, 3.05) is 0 Å². The van der Waals surface area contributed by atoms with Crippen molar-refractivity contribution in [2.24, 2.45) is 11.8 Å². The standard InChI is InChI=1S/C13H23NO/c1-10-4-3-5-11(8-10)9-13(2)7-6-12(15)14-13/h10-11H,3-9H2,1-2H3,(H,14,15). The zero-order valence-corrected chi connectivity index (χ0v) is 10.0. The summed E-state index contributed by atoms with van der Waals surface area (Å²) in [5, 5.41) is 3.15. The minimum atomic E-state index is 0.110. The van der Waals surface area contributed by atoms with Crippen LogP contribution in [0.3, 0.4) is 0 Å². The SMILES string of the molecule is CC1CCCC(CC2(C)CCC(=O)N2)C1. The second-order valence-electron chi connectivity index (χ2n) is 5.95. The molecule has 0 aromatic heterocycles. The molecule has 1 saturated carbocycles. The first-order chi connectivity index (χ1) is 7.07. The highest BCUT2D eigenvalue weighted by Gasteiger charge is 2.35. The lowest BCUT2D eigenvalue weighted by Gasteiger charge is -2.33. The highest BCUT2D eigenvalue weighted by Crippen LogP contribution is 2.36. The summed E-state index contributed by atoms with van der Waals surface area (Å²) in [6.45, 7) is 4.58. The fourth-order valence-corrected chi connectivity index (χ4v) is 3.39. The van der Waals surface area contributed by atoms with Gasteiger partial charge >= 0.3 is 0 Å². The average molecular weight is 209 g/mol. The Hall–Kier alpha value is -0.530. The molecule has 1 aliphatic heterocycles. The molecule has 2 heteroatoms. The van der Waals surface area contributed by atoms with E-state index in [4.69, 9.17) is 0 Å². The number of carbonyl (C=O) groups is 1. The van der Waals surface area contributed by atoms with E-state index in [0.29, 0.717) is 0 Å². The molecule has 15 heavy (non-hydrogen) atoms. The molecule has 1 N–H and O–H groups in total. The molecule has 2 nitrogen and oxygen atoms in total. The summed E-state index contributed by atoms with van der Waals surface area (Å²) in [5.74, 6) is 1.99. The van der Waals surface area contributed by atoms with E-state index in [2.05, 4.69) is 19.2 Å². The second-order valence-corrected chi connectivity index (χ2v) is 5.95. The molecular formula is C13H23NO. The fraction of sp³-hybridized carbons (Fsp3) is 0.923. The van der Waals surface area contributed by atoms with Crippen LogP contribution < -0.4 is 5.32 Å². The molecule has 1 aliphatic carbocycles. The Balaban J connectivity index is 1.87. The van der Waals surface area contributed by atoms with E-state index >= 15 is 0 Å². The molecule has 2 rings (SSSR count). The summed E-state index contributed by atoms with van der Waals surface area (Å²) in [6.07, 6.45) is 8.50. The second kappa shape index (κ2) is 4.15. The van der Waals surface area contributed by atoms with Crippen molar-refractivity contribution >= 4 is 5.91 Å². The molecule has 2 fully saturated rings. The van der Waals surface area contributed by atoms with Crippen LogP contribution in [-0.2, 0) is 4.79 Å². The Kier molecular flexibility index (Phi) is 3.03. The van der Waals surface area contributed by atoms with Gasteiger partial charge in [-0.2, -0.15) is 0 Å². The molecule has 3 unspecified atom stereocenters. The minimum Gasteiger partial charge on any atom is -0.351 e. The van der Waals surface area contributed by atoms with Crippen molar-refractivity contribution in [2.45, 2.75) is 64.3 Å². The zero-order chi connectivity index (χ0) is 10.9. The van der Waals surface area contributed by atoms with E-state index in [1.54, 1.807) is 0 Å². The van der Waals surface area contributed by atoms with Gasteiger partial charge in [0, 0.05) is 12.0 Å². The van der Waals surface area contributed by atoms with E-state index in [1.807, 2.05) is 0 Å². The maximum Gasteiger partial charge on any atom is 0.220 e. The summed E-state index contributed by atoms with van der Waals surface area (Å²) in [5.41, 5.74) is 0.110. The first kappa shape index (κ1) is 11.0. The molecule has 86 valence electrons. The first-order valence-electron chi connectivity index (χ1n) is 6.38. The van der Waals surface area contributed by atoms with Crippen LogP contribution in [0.15, 0.2) is 0 Å². The van der Waals surface area contributed by atoms with Gasteiger partial charge in [0.25, 0.3) is 0 Å². The Morgan fingerprint density at radius 1 is 1.47 bits per heavy atom. The van der Waals surface area contributed by atoms with Gasteiger partial charge < -0.3 is 5.32 Å². The monoisotopic (exact) mass is 209 g/mol. The largest absolute Gasteiger partial charge is 0.351 e. The van der Waals surface area contributed by atoms with Crippen LogP contribution in [0.5, 0.6) is 0 Å². The summed E-state index contributed by atoms with van der Waals surface area (Å²) < 4.78 is 0. The quantitative estimate of drug-likeness (QED) is 0.744. The predicted octanol–water partition coefficient (Wildman–Crippen LogP) is 2.87. The highest BCUT2D eigenvalue weighted by molar-refractivity contribution is 5.79. The van der Waals surface area contributed by atoms with Gasteiger partial charge in [-0.15, -0.1) is 0 Å². The van der Waals surface area contributed by atoms with Gasteiger partial charge in [-0.05, 0) is 38.0 Å². The summed E-state index contributed by atoms with van der Waals surface area (Å²) in [6, 6.07) is 0. The normalized spacial score (nSPS) is 41.6. The van der Waals surface area contributed by atoms with Crippen molar-refractivity contribution in [3.63, 3.8) is 0 Å². The lowest BCUT2D eigenvalue weighted by molar-refractivity contribution is -0.119. The van der Waals surface area contributed by atoms with Gasteiger partial charge in [0.05, 0.1) is 0 Å². The number of carbonyl (C=O) groups excluding carboxylic acids is 1.